The average Bonchev–Trinajstić information content (AvgIpc) is 2.58. The third-order valence-electron chi connectivity index (χ3n) is 3.95. The molecule has 0 radical (unpaired) electrons. The monoisotopic (exact) mass is 227 g/mol. The molecule has 0 spiro atoms. The van der Waals surface area contributed by atoms with Crippen molar-refractivity contribution < 1.29 is 4.74 Å². The molecule has 0 aromatic heterocycles. The van der Waals surface area contributed by atoms with Crippen LogP contribution in [0.3, 0.4) is 0 Å². The zero-order valence-electron chi connectivity index (χ0n) is 11.3. The number of rotatable bonds is 6. The van der Waals surface area contributed by atoms with E-state index in [-0.39, 0.29) is 0 Å². The van der Waals surface area contributed by atoms with Crippen molar-refractivity contribution in [3.63, 3.8) is 0 Å². The van der Waals surface area contributed by atoms with Crippen molar-refractivity contribution in [3.8, 4) is 0 Å². The van der Waals surface area contributed by atoms with Crippen molar-refractivity contribution in [2.45, 2.75) is 70.9 Å². The van der Waals surface area contributed by atoms with Crippen molar-refractivity contribution in [3.05, 3.63) is 0 Å². The molecule has 1 aliphatic rings. The Kier molecular flexibility index (Phi) is 7.06. The number of nitrogens with one attached hydrogen (secondary N) is 1. The first-order valence-corrected chi connectivity index (χ1v) is 7.09. The van der Waals surface area contributed by atoms with Crippen LogP contribution in [0.1, 0.15) is 58.8 Å². The van der Waals surface area contributed by atoms with Crippen LogP contribution in [-0.4, -0.2) is 25.8 Å². The molecule has 2 heteroatoms. The Morgan fingerprint density at radius 3 is 2.19 bits per heavy atom. The van der Waals surface area contributed by atoms with Crippen molar-refractivity contribution in [2.24, 2.45) is 5.92 Å². The second-order valence-electron chi connectivity index (χ2n) is 5.02. The molecule has 0 aromatic rings. The third-order valence-corrected chi connectivity index (χ3v) is 3.95. The molecule has 0 saturated heterocycles. The zero-order chi connectivity index (χ0) is 11.8. The van der Waals surface area contributed by atoms with Gasteiger partial charge in [0.25, 0.3) is 0 Å². The van der Waals surface area contributed by atoms with Crippen LogP contribution >= 0.6 is 0 Å². The summed E-state index contributed by atoms with van der Waals surface area (Å²) in [6.45, 7) is 5.49. The summed E-state index contributed by atoms with van der Waals surface area (Å²) in [5, 5.41) is 3.66. The maximum absolute atomic E-state index is 5.65. The summed E-state index contributed by atoms with van der Waals surface area (Å²) < 4.78 is 5.65. The van der Waals surface area contributed by atoms with E-state index in [0.29, 0.717) is 12.1 Å². The lowest BCUT2D eigenvalue weighted by Gasteiger charge is -2.32. The first kappa shape index (κ1) is 14.0. The van der Waals surface area contributed by atoms with E-state index in [1.807, 2.05) is 7.11 Å². The summed E-state index contributed by atoms with van der Waals surface area (Å²) in [6.07, 6.45) is 9.96. The largest absolute Gasteiger partial charge is 0.380 e. The number of hydrogen-bond donors (Lipinski definition) is 1. The Morgan fingerprint density at radius 1 is 1.12 bits per heavy atom. The van der Waals surface area contributed by atoms with Gasteiger partial charge in [0.15, 0.2) is 0 Å². The predicted octanol–water partition coefficient (Wildman–Crippen LogP) is 3.36. The van der Waals surface area contributed by atoms with Gasteiger partial charge in [0.05, 0.1) is 6.10 Å². The minimum atomic E-state index is 0.392. The second kappa shape index (κ2) is 8.08. The first-order valence-electron chi connectivity index (χ1n) is 7.09. The van der Waals surface area contributed by atoms with E-state index in [1.54, 1.807) is 0 Å². The minimum Gasteiger partial charge on any atom is -0.380 e. The topological polar surface area (TPSA) is 21.3 Å². The molecular formula is C14H29NO. The molecule has 1 saturated carbocycles. The van der Waals surface area contributed by atoms with Crippen molar-refractivity contribution in [2.75, 3.05) is 13.7 Å². The van der Waals surface area contributed by atoms with E-state index < -0.39 is 0 Å². The smallest absolute Gasteiger partial charge is 0.0724 e. The van der Waals surface area contributed by atoms with E-state index in [0.717, 1.165) is 18.9 Å². The molecule has 2 atom stereocenters. The van der Waals surface area contributed by atoms with Gasteiger partial charge in [-0.3, -0.25) is 0 Å². The number of methoxy groups -OCH3 is 1. The van der Waals surface area contributed by atoms with Gasteiger partial charge in [-0.05, 0) is 31.7 Å². The van der Waals surface area contributed by atoms with Crippen molar-refractivity contribution in [1.29, 1.82) is 0 Å². The summed E-state index contributed by atoms with van der Waals surface area (Å²) in [7, 11) is 1.86. The lowest BCUT2D eigenvalue weighted by Crippen LogP contribution is -2.46. The molecule has 96 valence electrons. The molecular weight excluding hydrogens is 198 g/mol. The maximum atomic E-state index is 5.65. The normalized spacial score (nSPS) is 22.7. The van der Waals surface area contributed by atoms with Gasteiger partial charge in [0.2, 0.25) is 0 Å². The van der Waals surface area contributed by atoms with E-state index in [9.17, 15) is 0 Å². The van der Waals surface area contributed by atoms with Gasteiger partial charge in [-0.15, -0.1) is 0 Å². The number of likely N-dealkylation sites (N-methyl/N-ethyl adjacent to an activating group) is 1. The molecule has 0 heterocycles. The summed E-state index contributed by atoms with van der Waals surface area (Å²) in [6, 6.07) is 0.568. The first-order chi connectivity index (χ1) is 7.83. The fraction of sp³-hybridized carbons (Fsp3) is 1.00. The van der Waals surface area contributed by atoms with Gasteiger partial charge in [0, 0.05) is 13.2 Å². The van der Waals surface area contributed by atoms with Crippen LogP contribution in [0.5, 0.6) is 0 Å². The maximum Gasteiger partial charge on any atom is 0.0724 e. The van der Waals surface area contributed by atoms with E-state index in [2.05, 4.69) is 19.2 Å². The average molecular weight is 227 g/mol. The SMILES string of the molecule is CCNC(C1CCCCCC1)C(CC)OC. The van der Waals surface area contributed by atoms with Crippen LogP contribution in [0, 0.1) is 5.92 Å². The molecule has 1 aliphatic carbocycles. The van der Waals surface area contributed by atoms with Gasteiger partial charge >= 0.3 is 0 Å². The molecule has 0 amide bonds. The molecule has 0 aliphatic heterocycles. The predicted molar refractivity (Wildman–Crippen MR) is 69.7 cm³/mol. The lowest BCUT2D eigenvalue weighted by atomic mass is 9.87. The van der Waals surface area contributed by atoms with Crippen LogP contribution in [0.2, 0.25) is 0 Å². The Hall–Kier alpha value is -0.0800. The van der Waals surface area contributed by atoms with Gasteiger partial charge in [-0.2, -0.15) is 0 Å². The van der Waals surface area contributed by atoms with Crippen molar-refractivity contribution >= 4 is 0 Å². The fourth-order valence-electron chi connectivity index (χ4n) is 3.07. The van der Waals surface area contributed by atoms with Crippen LogP contribution in [0.15, 0.2) is 0 Å². The van der Waals surface area contributed by atoms with Gasteiger partial charge < -0.3 is 10.1 Å². The van der Waals surface area contributed by atoms with Crippen LogP contribution < -0.4 is 5.32 Å². The fourth-order valence-corrected chi connectivity index (χ4v) is 3.07. The number of ether oxygens (including phenoxy) is 1. The van der Waals surface area contributed by atoms with Crippen LogP contribution in [0.25, 0.3) is 0 Å². The second-order valence-corrected chi connectivity index (χ2v) is 5.02. The summed E-state index contributed by atoms with van der Waals surface area (Å²) in [5.74, 6) is 0.826. The molecule has 1 N–H and O–H groups in total. The molecule has 2 unspecified atom stereocenters. The van der Waals surface area contributed by atoms with Gasteiger partial charge in [-0.1, -0.05) is 39.5 Å². The molecule has 1 fully saturated rings. The van der Waals surface area contributed by atoms with Gasteiger partial charge in [-0.25, -0.2) is 0 Å². The van der Waals surface area contributed by atoms with E-state index in [4.69, 9.17) is 4.74 Å². The molecule has 0 aromatic carbocycles. The summed E-state index contributed by atoms with van der Waals surface area (Å²) in [5.41, 5.74) is 0. The van der Waals surface area contributed by atoms with Gasteiger partial charge in [0.1, 0.15) is 0 Å². The van der Waals surface area contributed by atoms with Crippen LogP contribution in [0.4, 0.5) is 0 Å². The summed E-state index contributed by atoms with van der Waals surface area (Å²) in [4.78, 5) is 0. The highest BCUT2D eigenvalue weighted by Crippen LogP contribution is 2.28. The Morgan fingerprint density at radius 2 is 1.75 bits per heavy atom. The van der Waals surface area contributed by atoms with E-state index >= 15 is 0 Å². The summed E-state index contributed by atoms with van der Waals surface area (Å²) >= 11 is 0. The Labute approximate surface area is 101 Å². The highest BCUT2D eigenvalue weighted by atomic mass is 16.5. The minimum absolute atomic E-state index is 0.392. The molecule has 0 bridgehead atoms. The highest BCUT2D eigenvalue weighted by molar-refractivity contribution is 4.84. The zero-order valence-corrected chi connectivity index (χ0v) is 11.3. The van der Waals surface area contributed by atoms with Crippen LogP contribution in [-0.2, 0) is 4.74 Å². The molecule has 2 nitrogen and oxygen atoms in total. The quantitative estimate of drug-likeness (QED) is 0.703. The number of hydrogen-bond acceptors (Lipinski definition) is 2. The lowest BCUT2D eigenvalue weighted by molar-refractivity contribution is 0.0419. The van der Waals surface area contributed by atoms with Crippen molar-refractivity contribution in [1.82, 2.24) is 5.32 Å². The molecule has 1 rings (SSSR count). The Balaban J connectivity index is 2.58. The molecule has 16 heavy (non-hydrogen) atoms. The van der Waals surface area contributed by atoms with E-state index in [1.165, 1.54) is 38.5 Å². The standard InChI is InChI=1S/C14H29NO/c1-4-13(16-3)14(15-5-2)12-10-8-6-7-9-11-12/h12-15H,4-11H2,1-3H3. The highest BCUT2D eigenvalue weighted by Gasteiger charge is 2.28. The third kappa shape index (κ3) is 4.06. The Bertz CT molecular complexity index is 160.